The number of benzene rings is 1. The predicted molar refractivity (Wildman–Crippen MR) is 67.0 cm³/mol. The van der Waals surface area contributed by atoms with Crippen LogP contribution in [0.15, 0.2) is 48.7 Å². The maximum Gasteiger partial charge on any atom is 0.160 e. The Labute approximate surface area is 99.7 Å². The fourth-order valence-electron chi connectivity index (χ4n) is 1.90. The van der Waals surface area contributed by atoms with E-state index in [1.54, 1.807) is 0 Å². The number of hydrogen-bond acceptors (Lipinski definition) is 2. The smallest absolute Gasteiger partial charge is 0.160 e. The van der Waals surface area contributed by atoms with Gasteiger partial charge in [-0.2, -0.15) is 0 Å². The van der Waals surface area contributed by atoms with Gasteiger partial charge in [0.25, 0.3) is 0 Å². The van der Waals surface area contributed by atoms with Crippen LogP contribution in [0.4, 0.5) is 0 Å². The molecule has 0 atom stereocenters. The molecule has 0 bridgehead atoms. The minimum atomic E-state index is 0.811. The van der Waals surface area contributed by atoms with E-state index >= 15 is 0 Å². The van der Waals surface area contributed by atoms with Gasteiger partial charge in [0.15, 0.2) is 5.65 Å². The van der Waals surface area contributed by atoms with E-state index in [9.17, 15) is 0 Å². The van der Waals surface area contributed by atoms with Crippen molar-refractivity contribution in [2.75, 3.05) is 0 Å². The monoisotopic (exact) mass is 223 g/mol. The molecule has 84 valence electrons. The van der Waals surface area contributed by atoms with E-state index in [-0.39, 0.29) is 0 Å². The highest BCUT2D eigenvalue weighted by atomic mass is 15.2. The lowest BCUT2D eigenvalue weighted by molar-refractivity contribution is 0.934. The number of nitrogens with zero attached hydrogens (tertiary/aromatic N) is 3. The zero-order chi connectivity index (χ0) is 11.7. The molecule has 1 aromatic carbocycles. The van der Waals surface area contributed by atoms with Gasteiger partial charge in [-0.1, -0.05) is 35.9 Å². The minimum Gasteiger partial charge on any atom is -0.286 e. The van der Waals surface area contributed by atoms with Crippen molar-refractivity contribution in [2.24, 2.45) is 0 Å². The number of aryl methyl sites for hydroxylation is 1. The van der Waals surface area contributed by atoms with Crippen LogP contribution in [-0.4, -0.2) is 14.6 Å². The highest BCUT2D eigenvalue weighted by molar-refractivity contribution is 5.38. The largest absolute Gasteiger partial charge is 0.286 e. The summed E-state index contributed by atoms with van der Waals surface area (Å²) in [5.41, 5.74) is 3.43. The van der Waals surface area contributed by atoms with Crippen LogP contribution >= 0.6 is 0 Å². The Balaban J connectivity index is 1.97. The van der Waals surface area contributed by atoms with Crippen LogP contribution < -0.4 is 0 Å². The van der Waals surface area contributed by atoms with Gasteiger partial charge >= 0.3 is 0 Å². The molecule has 2 aromatic heterocycles. The van der Waals surface area contributed by atoms with Crippen LogP contribution in [0, 0.1) is 6.92 Å². The van der Waals surface area contributed by atoms with Crippen molar-refractivity contribution in [3.63, 3.8) is 0 Å². The molecule has 3 aromatic rings. The van der Waals surface area contributed by atoms with Crippen molar-refractivity contribution in [3.8, 4) is 0 Å². The van der Waals surface area contributed by atoms with Crippen LogP contribution in [0.3, 0.4) is 0 Å². The maximum atomic E-state index is 4.23. The molecule has 3 rings (SSSR count). The molecule has 0 aliphatic rings. The van der Waals surface area contributed by atoms with Gasteiger partial charge in [0, 0.05) is 12.6 Å². The highest BCUT2D eigenvalue weighted by Crippen LogP contribution is 2.10. The van der Waals surface area contributed by atoms with Crippen molar-refractivity contribution in [2.45, 2.75) is 13.3 Å². The summed E-state index contributed by atoms with van der Waals surface area (Å²) in [6.45, 7) is 2.09. The first kappa shape index (κ1) is 10.0. The van der Waals surface area contributed by atoms with Gasteiger partial charge in [-0.15, -0.1) is 10.2 Å². The number of fused-ring (bicyclic) bond motifs is 1. The topological polar surface area (TPSA) is 30.2 Å². The molecule has 0 aliphatic carbocycles. The number of pyridine rings is 1. The molecule has 3 nitrogen and oxygen atoms in total. The van der Waals surface area contributed by atoms with Gasteiger partial charge in [0.1, 0.15) is 5.82 Å². The van der Waals surface area contributed by atoms with Crippen LogP contribution in [0.25, 0.3) is 5.65 Å². The van der Waals surface area contributed by atoms with Gasteiger partial charge in [-0.05, 0) is 24.6 Å². The van der Waals surface area contributed by atoms with Gasteiger partial charge in [0.2, 0.25) is 0 Å². The molecule has 0 saturated carbocycles. The van der Waals surface area contributed by atoms with E-state index in [1.807, 2.05) is 28.8 Å². The zero-order valence-corrected chi connectivity index (χ0v) is 9.67. The highest BCUT2D eigenvalue weighted by Gasteiger charge is 2.04. The third-order valence-corrected chi connectivity index (χ3v) is 2.87. The van der Waals surface area contributed by atoms with E-state index in [0.717, 1.165) is 17.9 Å². The number of aromatic nitrogens is 3. The molecule has 0 aliphatic heterocycles. The Morgan fingerprint density at radius 3 is 2.65 bits per heavy atom. The van der Waals surface area contributed by atoms with Gasteiger partial charge in [-0.3, -0.25) is 4.40 Å². The number of rotatable bonds is 2. The van der Waals surface area contributed by atoms with Gasteiger partial charge < -0.3 is 0 Å². The van der Waals surface area contributed by atoms with Crippen LogP contribution in [0.1, 0.15) is 17.0 Å². The lowest BCUT2D eigenvalue weighted by atomic mass is 10.1. The summed E-state index contributed by atoms with van der Waals surface area (Å²) in [7, 11) is 0. The molecule has 0 saturated heterocycles. The average Bonchev–Trinajstić information content (AvgIpc) is 2.76. The predicted octanol–water partition coefficient (Wildman–Crippen LogP) is 2.63. The summed E-state index contributed by atoms with van der Waals surface area (Å²) < 4.78 is 2.03. The van der Waals surface area contributed by atoms with E-state index in [4.69, 9.17) is 0 Å². The third kappa shape index (κ3) is 1.91. The van der Waals surface area contributed by atoms with E-state index in [2.05, 4.69) is 41.4 Å². The second-order valence-electron chi connectivity index (χ2n) is 4.21. The molecule has 2 heterocycles. The van der Waals surface area contributed by atoms with E-state index in [1.165, 1.54) is 11.1 Å². The van der Waals surface area contributed by atoms with Gasteiger partial charge in [0.05, 0.1) is 0 Å². The zero-order valence-electron chi connectivity index (χ0n) is 9.67. The molecule has 0 amide bonds. The molecular weight excluding hydrogens is 210 g/mol. The van der Waals surface area contributed by atoms with Crippen molar-refractivity contribution >= 4 is 5.65 Å². The van der Waals surface area contributed by atoms with Gasteiger partial charge in [-0.25, -0.2) is 0 Å². The molecule has 3 heteroatoms. The Kier molecular flexibility index (Phi) is 2.37. The first-order valence-electron chi connectivity index (χ1n) is 5.67. The number of hydrogen-bond donors (Lipinski definition) is 0. The van der Waals surface area contributed by atoms with Crippen molar-refractivity contribution in [1.82, 2.24) is 14.6 Å². The van der Waals surface area contributed by atoms with E-state index in [0.29, 0.717) is 0 Å². The lowest BCUT2D eigenvalue weighted by Crippen LogP contribution is -1.95. The molecule has 0 unspecified atom stereocenters. The SMILES string of the molecule is Cc1ccc(Cc2nnc3ccccn23)cc1. The summed E-state index contributed by atoms with van der Waals surface area (Å²) in [4.78, 5) is 0. The summed E-state index contributed by atoms with van der Waals surface area (Å²) in [5, 5.41) is 8.37. The summed E-state index contributed by atoms with van der Waals surface area (Å²) in [5.74, 6) is 0.976. The minimum absolute atomic E-state index is 0.811. The molecule has 0 radical (unpaired) electrons. The maximum absolute atomic E-state index is 4.23. The normalized spacial score (nSPS) is 10.9. The summed E-state index contributed by atoms with van der Waals surface area (Å²) >= 11 is 0. The Morgan fingerprint density at radius 2 is 1.82 bits per heavy atom. The first-order valence-corrected chi connectivity index (χ1v) is 5.67. The standard InChI is InChI=1S/C14H13N3/c1-11-5-7-12(8-6-11)10-14-16-15-13-4-2-3-9-17(13)14/h2-9H,10H2,1H3. The fraction of sp³-hybridized carbons (Fsp3) is 0.143. The van der Waals surface area contributed by atoms with Crippen molar-refractivity contribution in [1.29, 1.82) is 0 Å². The van der Waals surface area contributed by atoms with Crippen molar-refractivity contribution in [3.05, 3.63) is 65.6 Å². The fourth-order valence-corrected chi connectivity index (χ4v) is 1.90. The van der Waals surface area contributed by atoms with Crippen molar-refractivity contribution < 1.29 is 0 Å². The second-order valence-corrected chi connectivity index (χ2v) is 4.21. The Bertz CT molecular complexity index is 638. The third-order valence-electron chi connectivity index (χ3n) is 2.87. The Hall–Kier alpha value is -2.16. The van der Waals surface area contributed by atoms with Crippen LogP contribution in [-0.2, 0) is 6.42 Å². The van der Waals surface area contributed by atoms with Crippen LogP contribution in [0.2, 0.25) is 0 Å². The Morgan fingerprint density at radius 1 is 1.00 bits per heavy atom. The molecular formula is C14H13N3. The van der Waals surface area contributed by atoms with E-state index < -0.39 is 0 Å². The summed E-state index contributed by atoms with van der Waals surface area (Å²) in [6.07, 6.45) is 2.81. The quantitative estimate of drug-likeness (QED) is 0.668. The molecule has 0 fully saturated rings. The second kappa shape index (κ2) is 4.01. The first-order chi connectivity index (χ1) is 8.33. The lowest BCUT2D eigenvalue weighted by Gasteiger charge is -2.00. The summed E-state index contributed by atoms with van der Waals surface area (Å²) in [6, 6.07) is 14.5. The molecule has 17 heavy (non-hydrogen) atoms. The molecule has 0 N–H and O–H groups in total. The molecule has 0 spiro atoms. The average molecular weight is 223 g/mol. The van der Waals surface area contributed by atoms with Crippen LogP contribution in [0.5, 0.6) is 0 Å².